The highest BCUT2D eigenvalue weighted by Gasteiger charge is 2.10. The topological polar surface area (TPSA) is 41.6 Å². The molecule has 1 rings (SSSR count). The van der Waals surface area contributed by atoms with Gasteiger partial charge in [-0.15, -0.1) is 0 Å². The highest BCUT2D eigenvalue weighted by atomic mass is 32.1. The van der Waals surface area contributed by atoms with Gasteiger partial charge in [-0.2, -0.15) is 0 Å². The van der Waals surface area contributed by atoms with E-state index >= 15 is 0 Å². The summed E-state index contributed by atoms with van der Waals surface area (Å²) in [5, 5.41) is 3.13. The van der Waals surface area contributed by atoms with Gasteiger partial charge in [0.05, 0.1) is 0 Å². The smallest absolute Gasteiger partial charge is 0.264 e. The molecule has 0 aliphatic heterocycles. The quantitative estimate of drug-likeness (QED) is 0.847. The fourth-order valence-corrected chi connectivity index (χ4v) is 2.12. The Morgan fingerprint density at radius 2 is 1.95 bits per heavy atom. The molecule has 0 aliphatic rings. The molecule has 0 unspecified atom stereocenters. The number of aryl methyl sites for hydroxylation is 2. The van der Waals surface area contributed by atoms with Crippen molar-refractivity contribution in [1.82, 2.24) is 10.2 Å². The van der Waals surface area contributed by atoms with Crippen LogP contribution in [0.1, 0.15) is 25.0 Å². The van der Waals surface area contributed by atoms with Gasteiger partial charge in [0.25, 0.3) is 5.91 Å². The van der Waals surface area contributed by atoms with E-state index in [-0.39, 0.29) is 12.5 Å². The normalized spacial score (nSPS) is 10.0. The second-order valence-corrected chi connectivity index (χ2v) is 4.97. The van der Waals surface area contributed by atoms with Crippen LogP contribution in [0.4, 0.5) is 0 Å². The molecule has 20 heavy (non-hydrogen) atoms. The van der Waals surface area contributed by atoms with E-state index in [1.165, 1.54) is 0 Å². The predicted molar refractivity (Wildman–Crippen MR) is 85.1 cm³/mol. The Morgan fingerprint density at radius 3 is 2.55 bits per heavy atom. The van der Waals surface area contributed by atoms with E-state index in [9.17, 15) is 4.79 Å². The van der Waals surface area contributed by atoms with Crippen LogP contribution in [0.15, 0.2) is 18.2 Å². The summed E-state index contributed by atoms with van der Waals surface area (Å²) in [6, 6.07) is 5.91. The molecule has 0 heterocycles. The molecule has 0 fully saturated rings. The molecule has 0 saturated heterocycles. The van der Waals surface area contributed by atoms with Crippen molar-refractivity contribution in [2.75, 3.05) is 19.7 Å². The van der Waals surface area contributed by atoms with Gasteiger partial charge in [-0.05, 0) is 57.1 Å². The Morgan fingerprint density at radius 1 is 1.30 bits per heavy atom. The van der Waals surface area contributed by atoms with E-state index < -0.39 is 0 Å². The number of nitrogens with zero attached hydrogens (tertiary/aromatic N) is 1. The van der Waals surface area contributed by atoms with Crippen LogP contribution in [0.2, 0.25) is 0 Å². The molecule has 1 aromatic rings. The van der Waals surface area contributed by atoms with Crippen LogP contribution in [0.5, 0.6) is 5.75 Å². The Labute approximate surface area is 126 Å². The fourth-order valence-electron chi connectivity index (χ4n) is 1.75. The first-order valence-electron chi connectivity index (χ1n) is 6.76. The van der Waals surface area contributed by atoms with Crippen molar-refractivity contribution in [1.29, 1.82) is 0 Å². The van der Waals surface area contributed by atoms with Gasteiger partial charge in [0, 0.05) is 13.1 Å². The van der Waals surface area contributed by atoms with Gasteiger partial charge in [-0.3, -0.25) is 4.79 Å². The van der Waals surface area contributed by atoms with Crippen molar-refractivity contribution in [2.45, 2.75) is 27.7 Å². The number of carbonyl (C=O) groups excluding carboxylic acids is 1. The van der Waals surface area contributed by atoms with Gasteiger partial charge in [0.1, 0.15) is 5.75 Å². The maximum atomic E-state index is 11.8. The SMILES string of the molecule is CCN(CC)C(=S)NC(=O)COc1cc(C)ccc1C. The number of ether oxygens (including phenoxy) is 1. The number of hydrogen-bond acceptors (Lipinski definition) is 3. The van der Waals surface area contributed by atoms with Gasteiger partial charge in [-0.25, -0.2) is 0 Å². The lowest BCUT2D eigenvalue weighted by Crippen LogP contribution is -2.44. The van der Waals surface area contributed by atoms with Crippen molar-refractivity contribution >= 4 is 23.2 Å². The molecule has 0 atom stereocenters. The molecule has 5 heteroatoms. The zero-order chi connectivity index (χ0) is 15.1. The first-order chi connectivity index (χ1) is 9.47. The number of thiocarbonyl (C=S) groups is 1. The molecule has 0 spiro atoms. The van der Waals surface area contributed by atoms with Crippen LogP contribution in [0, 0.1) is 13.8 Å². The van der Waals surface area contributed by atoms with Gasteiger partial charge in [0.15, 0.2) is 11.7 Å². The molecule has 1 N–H and O–H groups in total. The third-order valence-electron chi connectivity index (χ3n) is 3.00. The molecule has 0 bridgehead atoms. The molecule has 1 amide bonds. The molecule has 1 aromatic carbocycles. The second-order valence-electron chi connectivity index (χ2n) is 4.58. The molecular formula is C15H22N2O2S. The summed E-state index contributed by atoms with van der Waals surface area (Å²) < 4.78 is 5.54. The minimum atomic E-state index is -0.234. The highest BCUT2D eigenvalue weighted by molar-refractivity contribution is 7.80. The third-order valence-corrected chi connectivity index (χ3v) is 3.36. The van der Waals surface area contributed by atoms with Crippen LogP contribution >= 0.6 is 12.2 Å². The van der Waals surface area contributed by atoms with E-state index in [0.29, 0.717) is 5.11 Å². The minimum absolute atomic E-state index is 0.0360. The lowest BCUT2D eigenvalue weighted by atomic mass is 10.1. The van der Waals surface area contributed by atoms with Gasteiger partial charge < -0.3 is 15.0 Å². The molecule has 0 aliphatic carbocycles. The summed E-state index contributed by atoms with van der Waals surface area (Å²) in [7, 11) is 0. The standard InChI is InChI=1S/C15H22N2O2S/c1-5-17(6-2)15(20)16-14(18)10-19-13-9-11(3)7-8-12(13)4/h7-9H,5-6,10H2,1-4H3,(H,16,18,20). The molecule has 0 saturated carbocycles. The number of carbonyl (C=O) groups is 1. The fraction of sp³-hybridized carbons (Fsp3) is 0.467. The average Bonchev–Trinajstić information content (AvgIpc) is 2.41. The zero-order valence-electron chi connectivity index (χ0n) is 12.5. The highest BCUT2D eigenvalue weighted by Crippen LogP contribution is 2.18. The maximum Gasteiger partial charge on any atom is 0.264 e. The summed E-state index contributed by atoms with van der Waals surface area (Å²) in [5.74, 6) is 0.497. The van der Waals surface area contributed by atoms with Crippen molar-refractivity contribution in [3.05, 3.63) is 29.3 Å². The van der Waals surface area contributed by atoms with Crippen LogP contribution < -0.4 is 10.1 Å². The Balaban J connectivity index is 2.51. The average molecular weight is 294 g/mol. The summed E-state index contributed by atoms with van der Waals surface area (Å²) in [6.45, 7) is 9.44. The summed E-state index contributed by atoms with van der Waals surface area (Å²) in [5.41, 5.74) is 2.11. The first kappa shape index (κ1) is 16.4. The van der Waals surface area contributed by atoms with Crippen LogP contribution in [0.25, 0.3) is 0 Å². The molecule has 0 radical (unpaired) electrons. The van der Waals surface area contributed by atoms with Crippen LogP contribution in [-0.2, 0) is 4.79 Å². The minimum Gasteiger partial charge on any atom is -0.483 e. The molecule has 110 valence electrons. The van der Waals surface area contributed by atoms with E-state index in [0.717, 1.165) is 30.0 Å². The van der Waals surface area contributed by atoms with Crippen LogP contribution in [-0.4, -0.2) is 35.6 Å². The summed E-state index contributed by atoms with van der Waals surface area (Å²) in [6.07, 6.45) is 0. The van der Waals surface area contributed by atoms with Crippen molar-refractivity contribution in [3.8, 4) is 5.75 Å². The van der Waals surface area contributed by atoms with Crippen molar-refractivity contribution in [3.63, 3.8) is 0 Å². The van der Waals surface area contributed by atoms with E-state index in [2.05, 4.69) is 5.32 Å². The Bertz CT molecular complexity index is 485. The maximum absolute atomic E-state index is 11.8. The van der Waals surface area contributed by atoms with E-state index in [4.69, 9.17) is 17.0 Å². The Hall–Kier alpha value is -1.62. The predicted octanol–water partition coefficient (Wildman–Crippen LogP) is 2.43. The lowest BCUT2D eigenvalue weighted by molar-refractivity contribution is -0.121. The molecule has 0 aromatic heterocycles. The Kier molecular flexibility index (Phi) is 6.45. The van der Waals surface area contributed by atoms with E-state index in [1.807, 2.05) is 50.8 Å². The number of nitrogens with one attached hydrogen (secondary N) is 1. The number of rotatable bonds is 5. The van der Waals surface area contributed by atoms with Gasteiger partial charge >= 0.3 is 0 Å². The third kappa shape index (κ3) is 4.81. The second kappa shape index (κ2) is 7.85. The summed E-state index contributed by atoms with van der Waals surface area (Å²) in [4.78, 5) is 13.7. The summed E-state index contributed by atoms with van der Waals surface area (Å²) >= 11 is 5.17. The van der Waals surface area contributed by atoms with Crippen molar-refractivity contribution in [2.24, 2.45) is 0 Å². The number of hydrogen-bond donors (Lipinski definition) is 1. The van der Waals surface area contributed by atoms with Gasteiger partial charge in [-0.1, -0.05) is 12.1 Å². The monoisotopic (exact) mass is 294 g/mol. The van der Waals surface area contributed by atoms with Gasteiger partial charge in [0.2, 0.25) is 0 Å². The van der Waals surface area contributed by atoms with E-state index in [1.54, 1.807) is 0 Å². The molecular weight excluding hydrogens is 272 g/mol. The first-order valence-corrected chi connectivity index (χ1v) is 7.17. The largest absolute Gasteiger partial charge is 0.483 e. The van der Waals surface area contributed by atoms with Crippen LogP contribution in [0.3, 0.4) is 0 Å². The lowest BCUT2D eigenvalue weighted by Gasteiger charge is -2.21. The molecule has 4 nitrogen and oxygen atoms in total. The zero-order valence-corrected chi connectivity index (χ0v) is 13.3. The number of amides is 1. The number of benzene rings is 1. The van der Waals surface area contributed by atoms with Crippen molar-refractivity contribution < 1.29 is 9.53 Å².